The number of thioether (sulfide) groups is 1. The Hall–Kier alpha value is -2.26. The molecule has 2 N–H and O–H groups in total. The third-order valence-corrected chi connectivity index (χ3v) is 2.95. The lowest BCUT2D eigenvalue weighted by Crippen LogP contribution is -2.12. The Kier molecular flexibility index (Phi) is 3.65. The van der Waals surface area contributed by atoms with Crippen molar-refractivity contribution in [2.24, 2.45) is 4.99 Å². The molecule has 0 saturated heterocycles. The fraction of sp³-hybridized carbons (Fsp3) is 0.0833. The van der Waals surface area contributed by atoms with Crippen molar-refractivity contribution in [1.82, 2.24) is 10.3 Å². The highest BCUT2D eigenvalue weighted by Gasteiger charge is 2.03. The van der Waals surface area contributed by atoms with E-state index in [9.17, 15) is 4.79 Å². The van der Waals surface area contributed by atoms with Crippen molar-refractivity contribution in [3.05, 3.63) is 40.8 Å². The van der Waals surface area contributed by atoms with E-state index in [-0.39, 0.29) is 5.56 Å². The van der Waals surface area contributed by atoms with Crippen molar-refractivity contribution in [2.75, 3.05) is 6.26 Å². The van der Waals surface area contributed by atoms with E-state index in [4.69, 9.17) is 5.26 Å². The van der Waals surface area contributed by atoms with Crippen molar-refractivity contribution in [3.63, 3.8) is 0 Å². The highest BCUT2D eigenvalue weighted by atomic mass is 32.2. The maximum absolute atomic E-state index is 11.6. The monoisotopic (exact) mass is 258 g/mol. The van der Waals surface area contributed by atoms with Gasteiger partial charge in [0.05, 0.1) is 5.69 Å². The minimum Gasteiger partial charge on any atom is -0.329 e. The third kappa shape index (κ3) is 2.36. The molecule has 0 bridgehead atoms. The van der Waals surface area contributed by atoms with Gasteiger partial charge in [-0.3, -0.25) is 10.1 Å². The molecule has 5 nitrogen and oxygen atoms in total. The second-order valence-corrected chi connectivity index (χ2v) is 4.20. The van der Waals surface area contributed by atoms with Gasteiger partial charge in [-0.2, -0.15) is 5.26 Å². The smallest absolute Gasteiger partial charge is 0.255 e. The summed E-state index contributed by atoms with van der Waals surface area (Å²) in [5, 5.41) is 12.9. The molecule has 0 radical (unpaired) electrons. The van der Waals surface area contributed by atoms with Crippen LogP contribution in [-0.2, 0) is 0 Å². The van der Waals surface area contributed by atoms with Crippen LogP contribution in [-0.4, -0.2) is 16.4 Å². The maximum atomic E-state index is 11.6. The van der Waals surface area contributed by atoms with Gasteiger partial charge in [0.15, 0.2) is 11.4 Å². The standard InChI is InChI=1S/C12H10N4OS/c1-18-12(15-7-13)16-10-4-2-3-9-8(10)5-6-14-11(9)17/h2-6H,1H3,(H,14,17)(H,15,16). The first kappa shape index (κ1) is 12.2. The van der Waals surface area contributed by atoms with E-state index in [1.165, 1.54) is 11.8 Å². The summed E-state index contributed by atoms with van der Waals surface area (Å²) in [6, 6.07) is 7.10. The molecule has 2 aromatic rings. The minimum atomic E-state index is -0.150. The molecule has 1 aromatic heterocycles. The van der Waals surface area contributed by atoms with Gasteiger partial charge in [-0.25, -0.2) is 4.99 Å². The van der Waals surface area contributed by atoms with Crippen LogP contribution in [0.2, 0.25) is 0 Å². The average molecular weight is 258 g/mol. The van der Waals surface area contributed by atoms with Crippen LogP contribution in [0.15, 0.2) is 40.2 Å². The van der Waals surface area contributed by atoms with Crippen molar-refractivity contribution in [1.29, 1.82) is 5.26 Å². The first-order valence-corrected chi connectivity index (χ1v) is 6.37. The van der Waals surface area contributed by atoms with Crippen LogP contribution in [0, 0.1) is 11.5 Å². The molecular formula is C12H10N4OS. The molecule has 0 unspecified atom stereocenters. The van der Waals surface area contributed by atoms with E-state index in [0.717, 1.165) is 5.39 Å². The van der Waals surface area contributed by atoms with Gasteiger partial charge in [0, 0.05) is 17.0 Å². The number of nitrogens with one attached hydrogen (secondary N) is 2. The van der Waals surface area contributed by atoms with E-state index < -0.39 is 0 Å². The van der Waals surface area contributed by atoms with Crippen LogP contribution >= 0.6 is 11.8 Å². The number of nitrogens with zero attached hydrogens (tertiary/aromatic N) is 2. The minimum absolute atomic E-state index is 0.150. The molecule has 0 saturated carbocycles. The fourth-order valence-corrected chi connectivity index (χ4v) is 1.92. The highest BCUT2D eigenvalue weighted by molar-refractivity contribution is 8.13. The maximum Gasteiger partial charge on any atom is 0.255 e. The molecule has 0 atom stereocenters. The van der Waals surface area contributed by atoms with E-state index >= 15 is 0 Å². The molecule has 0 amide bonds. The van der Waals surface area contributed by atoms with E-state index in [0.29, 0.717) is 16.2 Å². The summed E-state index contributed by atoms with van der Waals surface area (Å²) in [6.45, 7) is 0. The van der Waals surface area contributed by atoms with E-state index in [2.05, 4.69) is 15.3 Å². The Labute approximate surface area is 108 Å². The number of H-pyrrole nitrogens is 1. The van der Waals surface area contributed by atoms with Crippen molar-refractivity contribution >= 4 is 33.4 Å². The van der Waals surface area contributed by atoms with Crippen molar-refractivity contribution in [3.8, 4) is 6.19 Å². The summed E-state index contributed by atoms with van der Waals surface area (Å²) < 4.78 is 0. The lowest BCUT2D eigenvalue weighted by Gasteiger charge is -2.03. The quantitative estimate of drug-likeness (QED) is 0.354. The van der Waals surface area contributed by atoms with Crippen LogP contribution in [0.1, 0.15) is 0 Å². The summed E-state index contributed by atoms with van der Waals surface area (Å²) >= 11 is 1.33. The fourth-order valence-electron chi connectivity index (χ4n) is 1.58. The Morgan fingerprint density at radius 2 is 2.28 bits per heavy atom. The number of pyridine rings is 1. The Bertz CT molecular complexity index is 699. The predicted molar refractivity (Wildman–Crippen MR) is 73.9 cm³/mol. The third-order valence-electron chi connectivity index (χ3n) is 2.37. The average Bonchev–Trinajstić information content (AvgIpc) is 2.39. The van der Waals surface area contributed by atoms with Gasteiger partial charge in [-0.05, 0) is 24.5 Å². The molecule has 6 heteroatoms. The molecule has 1 aromatic carbocycles. The number of aromatic nitrogens is 1. The highest BCUT2D eigenvalue weighted by Crippen LogP contribution is 2.24. The van der Waals surface area contributed by atoms with Gasteiger partial charge in [-0.1, -0.05) is 17.8 Å². The number of aliphatic imine (C=N–C) groups is 1. The Morgan fingerprint density at radius 1 is 1.44 bits per heavy atom. The lowest BCUT2D eigenvalue weighted by molar-refractivity contribution is 1.27. The van der Waals surface area contributed by atoms with Crippen LogP contribution in [0.4, 0.5) is 5.69 Å². The van der Waals surface area contributed by atoms with Crippen LogP contribution in [0.3, 0.4) is 0 Å². The Morgan fingerprint density at radius 3 is 3.00 bits per heavy atom. The number of hydrogen-bond acceptors (Lipinski definition) is 4. The topological polar surface area (TPSA) is 81.0 Å². The molecule has 0 fully saturated rings. The molecule has 18 heavy (non-hydrogen) atoms. The summed E-state index contributed by atoms with van der Waals surface area (Å²) in [5.74, 6) is 0. The van der Waals surface area contributed by atoms with E-state index in [1.54, 1.807) is 30.5 Å². The first-order valence-electron chi connectivity index (χ1n) is 5.14. The number of rotatable bonds is 1. The van der Waals surface area contributed by atoms with Crippen LogP contribution < -0.4 is 10.9 Å². The zero-order valence-corrected chi connectivity index (χ0v) is 10.4. The van der Waals surface area contributed by atoms with E-state index in [1.807, 2.05) is 12.4 Å². The summed E-state index contributed by atoms with van der Waals surface area (Å²) in [6.07, 6.45) is 5.23. The largest absolute Gasteiger partial charge is 0.329 e. The van der Waals surface area contributed by atoms with Gasteiger partial charge in [0.1, 0.15) is 0 Å². The molecule has 0 aliphatic carbocycles. The number of amidine groups is 1. The number of hydrogen-bond donors (Lipinski definition) is 2. The summed E-state index contributed by atoms with van der Waals surface area (Å²) in [4.78, 5) is 18.6. The van der Waals surface area contributed by atoms with Crippen LogP contribution in [0.25, 0.3) is 10.8 Å². The normalized spacial score (nSPS) is 11.2. The first-order chi connectivity index (χ1) is 8.76. The zero-order chi connectivity index (χ0) is 13.0. The number of benzene rings is 1. The van der Waals surface area contributed by atoms with Gasteiger partial charge in [0.2, 0.25) is 0 Å². The zero-order valence-electron chi connectivity index (χ0n) is 9.60. The van der Waals surface area contributed by atoms with Crippen molar-refractivity contribution < 1.29 is 0 Å². The van der Waals surface area contributed by atoms with Gasteiger partial charge >= 0.3 is 0 Å². The Balaban J connectivity index is 2.62. The van der Waals surface area contributed by atoms with Crippen molar-refractivity contribution in [2.45, 2.75) is 0 Å². The molecule has 1 heterocycles. The summed E-state index contributed by atoms with van der Waals surface area (Å²) in [7, 11) is 0. The molecular weight excluding hydrogens is 248 g/mol. The molecule has 0 aliphatic rings. The molecule has 90 valence electrons. The van der Waals surface area contributed by atoms with Crippen LogP contribution in [0.5, 0.6) is 0 Å². The van der Waals surface area contributed by atoms with Gasteiger partial charge in [0.25, 0.3) is 5.56 Å². The number of fused-ring (bicyclic) bond motifs is 1. The SMILES string of the molecule is CSC(=Nc1cccc2c(=O)[nH]ccc12)NC#N. The van der Waals surface area contributed by atoms with Gasteiger partial charge < -0.3 is 4.98 Å². The molecule has 0 spiro atoms. The second kappa shape index (κ2) is 5.38. The molecule has 2 rings (SSSR count). The second-order valence-electron chi connectivity index (χ2n) is 3.40. The summed E-state index contributed by atoms with van der Waals surface area (Å²) in [5.41, 5.74) is 0.509. The number of aromatic amines is 1. The van der Waals surface area contributed by atoms with Gasteiger partial charge in [-0.15, -0.1) is 0 Å². The predicted octanol–water partition coefficient (Wildman–Crippen LogP) is 1.95. The number of nitriles is 1. The molecule has 0 aliphatic heterocycles. The lowest BCUT2D eigenvalue weighted by atomic mass is 10.1.